The second kappa shape index (κ2) is 10.5. The van der Waals surface area contributed by atoms with Crippen molar-refractivity contribution < 1.29 is 24.4 Å². The van der Waals surface area contributed by atoms with Crippen molar-refractivity contribution in [1.29, 1.82) is 0 Å². The first kappa shape index (κ1) is 20.8. The third kappa shape index (κ3) is 13.2. The Bertz CT molecular complexity index is 256. The maximum Gasteiger partial charge on any atom is 0.153 e. The van der Waals surface area contributed by atoms with E-state index >= 15 is 0 Å². The van der Waals surface area contributed by atoms with E-state index in [4.69, 9.17) is 30.2 Å². The number of nitrogens with two attached hydrogens (primary N) is 1. The van der Waals surface area contributed by atoms with Crippen LogP contribution in [0.25, 0.3) is 0 Å². The van der Waals surface area contributed by atoms with Crippen LogP contribution in [0.4, 0.5) is 0 Å². The molecule has 128 valence electrons. The van der Waals surface area contributed by atoms with Crippen LogP contribution in [-0.2, 0) is 14.2 Å². The van der Waals surface area contributed by atoms with Crippen LogP contribution >= 0.6 is 0 Å². The monoisotopic (exact) mass is 307 g/mol. The quantitative estimate of drug-likeness (QED) is 0.347. The zero-order chi connectivity index (χ0) is 16.4. The molecule has 0 fully saturated rings. The summed E-state index contributed by atoms with van der Waals surface area (Å²) in [5.41, 5.74) is 5.03. The molecule has 0 aromatic heterocycles. The largest absolute Gasteiger partial charge is 0.381 e. The van der Waals surface area contributed by atoms with Gasteiger partial charge in [0, 0.05) is 13.0 Å². The average Bonchev–Trinajstić information content (AvgIpc) is 2.34. The number of aliphatic hydroxyl groups excluding tert-OH is 1. The highest BCUT2D eigenvalue weighted by Crippen LogP contribution is 2.16. The molecule has 0 saturated carbocycles. The molecule has 0 unspecified atom stereocenters. The highest BCUT2D eigenvalue weighted by molar-refractivity contribution is 4.70. The van der Waals surface area contributed by atoms with Gasteiger partial charge in [-0.1, -0.05) is 0 Å². The predicted octanol–water partition coefficient (Wildman–Crippen LogP) is 1.03. The van der Waals surface area contributed by atoms with Gasteiger partial charge in [0.1, 0.15) is 0 Å². The Kier molecular flexibility index (Phi) is 10.4. The summed E-state index contributed by atoms with van der Waals surface area (Å²) < 4.78 is 16.9. The van der Waals surface area contributed by atoms with Gasteiger partial charge in [0.15, 0.2) is 6.29 Å². The van der Waals surface area contributed by atoms with Crippen molar-refractivity contribution in [2.45, 2.75) is 64.4 Å². The first-order valence-corrected chi connectivity index (χ1v) is 7.60. The molecular weight excluding hydrogens is 274 g/mol. The number of aliphatic hydroxyl groups is 2. The maximum atomic E-state index is 8.69. The Hall–Kier alpha value is -0.240. The molecule has 0 heterocycles. The fourth-order valence-electron chi connectivity index (χ4n) is 1.74. The third-order valence-corrected chi connectivity index (χ3v) is 3.18. The van der Waals surface area contributed by atoms with Crippen LogP contribution in [0.2, 0.25) is 0 Å². The molecule has 0 aromatic rings. The minimum absolute atomic E-state index is 0.212. The van der Waals surface area contributed by atoms with E-state index < -0.39 is 6.29 Å². The summed E-state index contributed by atoms with van der Waals surface area (Å²) in [6.45, 7) is 10.6. The lowest BCUT2D eigenvalue weighted by atomic mass is 10.1. The smallest absolute Gasteiger partial charge is 0.153 e. The van der Waals surface area contributed by atoms with Crippen LogP contribution in [0, 0.1) is 0 Å². The van der Waals surface area contributed by atoms with Gasteiger partial charge in [0.05, 0.1) is 31.0 Å². The average molecular weight is 307 g/mol. The molecule has 0 aliphatic rings. The summed E-state index contributed by atoms with van der Waals surface area (Å²) in [5, 5.41) is 17.4. The van der Waals surface area contributed by atoms with Crippen molar-refractivity contribution >= 4 is 0 Å². The number of hydrogen-bond acceptors (Lipinski definition) is 6. The molecule has 6 heteroatoms. The molecule has 0 amide bonds. The molecular formula is C15H33NO5. The predicted molar refractivity (Wildman–Crippen MR) is 82.0 cm³/mol. The zero-order valence-electron chi connectivity index (χ0n) is 13.9. The Morgan fingerprint density at radius 2 is 1.38 bits per heavy atom. The lowest BCUT2D eigenvalue weighted by Crippen LogP contribution is -2.32. The van der Waals surface area contributed by atoms with Crippen LogP contribution in [0.1, 0.15) is 47.0 Å². The zero-order valence-corrected chi connectivity index (χ0v) is 13.9. The van der Waals surface area contributed by atoms with Crippen molar-refractivity contribution in [3.8, 4) is 0 Å². The molecule has 0 spiro atoms. The van der Waals surface area contributed by atoms with Gasteiger partial charge in [0.25, 0.3) is 0 Å². The third-order valence-electron chi connectivity index (χ3n) is 3.18. The molecule has 21 heavy (non-hydrogen) atoms. The first-order valence-electron chi connectivity index (χ1n) is 7.60. The van der Waals surface area contributed by atoms with Gasteiger partial charge in [-0.3, -0.25) is 0 Å². The number of hydrogen-bond donors (Lipinski definition) is 3. The van der Waals surface area contributed by atoms with Crippen molar-refractivity contribution in [3.05, 3.63) is 0 Å². The standard InChI is InChI=1S/C15H33NO5/c1-14(2,6-8-16)20-11-12-21-15(3,4)7-10-19-9-5-13(17)18/h13,17-18H,5-12,16H2,1-4H3. The number of rotatable bonds is 13. The minimum atomic E-state index is -1.30. The Morgan fingerprint density at radius 3 is 1.86 bits per heavy atom. The van der Waals surface area contributed by atoms with E-state index in [2.05, 4.69) is 0 Å². The molecule has 4 N–H and O–H groups in total. The van der Waals surface area contributed by atoms with Crippen LogP contribution in [0.3, 0.4) is 0 Å². The second-order valence-corrected chi connectivity index (χ2v) is 6.39. The fourth-order valence-corrected chi connectivity index (χ4v) is 1.74. The fraction of sp³-hybridized carbons (Fsp3) is 1.00. The summed E-state index contributed by atoms with van der Waals surface area (Å²) in [5.74, 6) is 0. The summed E-state index contributed by atoms with van der Waals surface area (Å²) in [6, 6.07) is 0. The van der Waals surface area contributed by atoms with Crippen molar-refractivity contribution in [2.75, 3.05) is 33.0 Å². The molecule has 0 saturated heterocycles. The van der Waals surface area contributed by atoms with Gasteiger partial charge in [-0.25, -0.2) is 0 Å². The first-order chi connectivity index (χ1) is 9.68. The minimum Gasteiger partial charge on any atom is -0.381 e. The van der Waals surface area contributed by atoms with E-state index in [1.165, 1.54) is 0 Å². The van der Waals surface area contributed by atoms with E-state index in [-0.39, 0.29) is 17.6 Å². The summed E-state index contributed by atoms with van der Waals surface area (Å²) in [7, 11) is 0. The Balaban J connectivity index is 3.68. The van der Waals surface area contributed by atoms with E-state index in [0.717, 1.165) is 12.8 Å². The van der Waals surface area contributed by atoms with E-state index in [0.29, 0.717) is 33.0 Å². The van der Waals surface area contributed by atoms with Crippen molar-refractivity contribution in [2.24, 2.45) is 5.73 Å². The van der Waals surface area contributed by atoms with Crippen LogP contribution in [0.5, 0.6) is 0 Å². The summed E-state index contributed by atoms with van der Waals surface area (Å²) >= 11 is 0. The highest BCUT2D eigenvalue weighted by atomic mass is 16.5. The van der Waals surface area contributed by atoms with Crippen molar-refractivity contribution in [3.63, 3.8) is 0 Å². The van der Waals surface area contributed by atoms with Gasteiger partial charge in [-0.15, -0.1) is 0 Å². The van der Waals surface area contributed by atoms with Crippen LogP contribution in [-0.4, -0.2) is 60.7 Å². The molecule has 0 bridgehead atoms. The molecule has 0 aliphatic carbocycles. The van der Waals surface area contributed by atoms with E-state index in [9.17, 15) is 0 Å². The van der Waals surface area contributed by atoms with Gasteiger partial charge in [-0.2, -0.15) is 0 Å². The van der Waals surface area contributed by atoms with Crippen molar-refractivity contribution in [1.82, 2.24) is 0 Å². The van der Waals surface area contributed by atoms with Crippen LogP contribution in [0.15, 0.2) is 0 Å². The molecule has 6 nitrogen and oxygen atoms in total. The Morgan fingerprint density at radius 1 is 0.857 bits per heavy atom. The molecule has 0 aromatic carbocycles. The molecule has 0 radical (unpaired) electrons. The van der Waals surface area contributed by atoms with E-state index in [1.807, 2.05) is 27.7 Å². The lowest BCUT2D eigenvalue weighted by Gasteiger charge is -2.28. The van der Waals surface area contributed by atoms with Crippen LogP contribution < -0.4 is 5.73 Å². The van der Waals surface area contributed by atoms with Gasteiger partial charge < -0.3 is 30.2 Å². The van der Waals surface area contributed by atoms with Gasteiger partial charge in [-0.05, 0) is 47.1 Å². The SMILES string of the molecule is CC(C)(CCN)OCCOC(C)(C)CCOCCC(O)O. The lowest BCUT2D eigenvalue weighted by molar-refractivity contribution is -0.0964. The molecule has 0 rings (SSSR count). The van der Waals surface area contributed by atoms with Gasteiger partial charge in [0.2, 0.25) is 0 Å². The Labute approximate surface area is 128 Å². The normalized spacial score (nSPS) is 13.1. The highest BCUT2D eigenvalue weighted by Gasteiger charge is 2.20. The number of ether oxygens (including phenoxy) is 3. The summed E-state index contributed by atoms with van der Waals surface area (Å²) in [4.78, 5) is 0. The molecule has 0 atom stereocenters. The van der Waals surface area contributed by atoms with Gasteiger partial charge >= 0.3 is 0 Å². The molecule has 0 aliphatic heterocycles. The summed E-state index contributed by atoms with van der Waals surface area (Å²) in [6.07, 6.45) is 0.482. The topological polar surface area (TPSA) is 94.2 Å². The second-order valence-electron chi connectivity index (χ2n) is 6.39. The maximum absolute atomic E-state index is 8.69. The van der Waals surface area contributed by atoms with E-state index in [1.54, 1.807) is 0 Å².